The number of aliphatic hydroxyl groups excluding tert-OH is 1. The normalized spacial score (nSPS) is 12.2. The summed E-state index contributed by atoms with van der Waals surface area (Å²) in [5.74, 6) is -1.68. The Hall–Kier alpha value is -1.62. The molecular formula is C12H16FNO3. The van der Waals surface area contributed by atoms with Crippen molar-refractivity contribution in [3.8, 4) is 5.75 Å². The number of halogens is 1. The predicted octanol–water partition coefficient (Wildman–Crippen LogP) is 1.28. The van der Waals surface area contributed by atoms with Crippen LogP contribution >= 0.6 is 0 Å². The zero-order chi connectivity index (χ0) is 12.8. The van der Waals surface area contributed by atoms with E-state index in [0.717, 1.165) is 6.07 Å². The number of phenolic OH excluding ortho intramolecular Hbond substituents is 1. The number of nitrogens with one attached hydrogen (secondary N) is 1. The Labute approximate surface area is 99.1 Å². The molecule has 5 heteroatoms. The maximum Gasteiger partial charge on any atom is 0.258 e. The molecule has 0 saturated carbocycles. The van der Waals surface area contributed by atoms with Crippen molar-refractivity contribution in [3.63, 3.8) is 0 Å². The van der Waals surface area contributed by atoms with Gasteiger partial charge in [-0.1, -0.05) is 13.0 Å². The molecule has 4 nitrogen and oxygen atoms in total. The Bertz CT molecular complexity index is 375. The topological polar surface area (TPSA) is 69.6 Å². The number of hydrogen-bond donors (Lipinski definition) is 3. The quantitative estimate of drug-likeness (QED) is 0.727. The minimum Gasteiger partial charge on any atom is -0.507 e. The van der Waals surface area contributed by atoms with Crippen LogP contribution in [-0.4, -0.2) is 29.3 Å². The molecule has 0 bridgehead atoms. The Morgan fingerprint density at radius 2 is 2.24 bits per heavy atom. The molecule has 0 aromatic heterocycles. The number of aromatic hydroxyl groups is 1. The third-order valence-electron chi connectivity index (χ3n) is 2.45. The van der Waals surface area contributed by atoms with Gasteiger partial charge in [0.15, 0.2) is 0 Å². The van der Waals surface area contributed by atoms with Crippen LogP contribution in [0.2, 0.25) is 0 Å². The lowest BCUT2D eigenvalue weighted by Crippen LogP contribution is -2.29. The van der Waals surface area contributed by atoms with E-state index in [1.54, 1.807) is 0 Å². The van der Waals surface area contributed by atoms with E-state index < -0.39 is 11.7 Å². The van der Waals surface area contributed by atoms with Crippen LogP contribution < -0.4 is 5.32 Å². The lowest BCUT2D eigenvalue weighted by molar-refractivity contribution is 0.0938. The summed E-state index contributed by atoms with van der Waals surface area (Å²) in [6.07, 6.45) is 0.559. The summed E-state index contributed by atoms with van der Waals surface area (Å²) in [6.45, 7) is 2.23. The van der Waals surface area contributed by atoms with E-state index in [0.29, 0.717) is 13.0 Å². The number of carbonyl (C=O) groups excluding carboxylic acids is 1. The van der Waals surface area contributed by atoms with Crippen molar-refractivity contribution in [1.82, 2.24) is 5.32 Å². The van der Waals surface area contributed by atoms with Crippen LogP contribution in [0, 0.1) is 11.7 Å². The van der Waals surface area contributed by atoms with Gasteiger partial charge in [0.25, 0.3) is 5.91 Å². The lowest BCUT2D eigenvalue weighted by Gasteiger charge is -2.12. The van der Waals surface area contributed by atoms with Crippen molar-refractivity contribution in [2.45, 2.75) is 13.3 Å². The highest BCUT2D eigenvalue weighted by Crippen LogP contribution is 2.19. The van der Waals surface area contributed by atoms with Gasteiger partial charge in [-0.05, 0) is 24.5 Å². The smallest absolute Gasteiger partial charge is 0.258 e. The minimum atomic E-state index is -0.752. The zero-order valence-electron chi connectivity index (χ0n) is 9.61. The molecule has 0 radical (unpaired) electrons. The Morgan fingerprint density at radius 3 is 2.82 bits per heavy atom. The summed E-state index contributed by atoms with van der Waals surface area (Å²) in [7, 11) is 0. The van der Waals surface area contributed by atoms with Crippen LogP contribution in [0.4, 0.5) is 4.39 Å². The maximum absolute atomic E-state index is 13.3. The molecule has 1 amide bonds. The zero-order valence-corrected chi connectivity index (χ0v) is 9.61. The van der Waals surface area contributed by atoms with Crippen LogP contribution in [0.5, 0.6) is 5.75 Å². The van der Waals surface area contributed by atoms with Crippen LogP contribution in [0.15, 0.2) is 18.2 Å². The van der Waals surface area contributed by atoms with Crippen LogP contribution in [0.25, 0.3) is 0 Å². The van der Waals surface area contributed by atoms with Gasteiger partial charge in [0.2, 0.25) is 0 Å². The molecular weight excluding hydrogens is 225 g/mol. The molecule has 0 heterocycles. The summed E-state index contributed by atoms with van der Waals surface area (Å²) < 4.78 is 13.3. The van der Waals surface area contributed by atoms with Gasteiger partial charge >= 0.3 is 0 Å². The highest BCUT2D eigenvalue weighted by molar-refractivity contribution is 5.97. The van der Waals surface area contributed by atoms with Gasteiger partial charge in [-0.15, -0.1) is 0 Å². The number of amides is 1. The first-order valence-corrected chi connectivity index (χ1v) is 5.42. The van der Waals surface area contributed by atoms with Crippen molar-refractivity contribution in [2.24, 2.45) is 5.92 Å². The summed E-state index contributed by atoms with van der Waals surface area (Å²) >= 11 is 0. The molecule has 1 unspecified atom stereocenters. The van der Waals surface area contributed by atoms with E-state index in [9.17, 15) is 14.3 Å². The molecule has 1 aromatic carbocycles. The third kappa shape index (κ3) is 3.71. The maximum atomic E-state index is 13.3. The van der Waals surface area contributed by atoms with Crippen molar-refractivity contribution < 1.29 is 19.4 Å². The first-order valence-electron chi connectivity index (χ1n) is 5.42. The van der Waals surface area contributed by atoms with Crippen LogP contribution in [-0.2, 0) is 0 Å². The Balaban J connectivity index is 2.64. The second-order valence-electron chi connectivity index (χ2n) is 3.96. The first-order chi connectivity index (χ1) is 8.06. The third-order valence-corrected chi connectivity index (χ3v) is 2.45. The number of benzene rings is 1. The number of phenols is 1. The van der Waals surface area contributed by atoms with Gasteiger partial charge in [0, 0.05) is 13.2 Å². The number of rotatable bonds is 5. The monoisotopic (exact) mass is 241 g/mol. The SMILES string of the molecule is CC(CCO)CNC(=O)c1c(O)cccc1F. The van der Waals surface area contributed by atoms with E-state index in [4.69, 9.17) is 5.11 Å². The molecule has 0 fully saturated rings. The summed E-state index contributed by atoms with van der Waals surface area (Å²) in [5, 5.41) is 20.6. The first kappa shape index (κ1) is 13.4. The van der Waals surface area contributed by atoms with Crippen LogP contribution in [0.3, 0.4) is 0 Å². The second-order valence-corrected chi connectivity index (χ2v) is 3.96. The fraction of sp³-hybridized carbons (Fsp3) is 0.417. The van der Waals surface area contributed by atoms with Crippen LogP contribution in [0.1, 0.15) is 23.7 Å². The van der Waals surface area contributed by atoms with E-state index in [-0.39, 0.29) is 23.8 Å². The minimum absolute atomic E-state index is 0.0436. The highest BCUT2D eigenvalue weighted by Gasteiger charge is 2.16. The van der Waals surface area contributed by atoms with E-state index >= 15 is 0 Å². The largest absolute Gasteiger partial charge is 0.507 e. The van der Waals surface area contributed by atoms with Gasteiger partial charge < -0.3 is 15.5 Å². The van der Waals surface area contributed by atoms with E-state index in [1.807, 2.05) is 6.92 Å². The van der Waals surface area contributed by atoms with Crippen molar-refractivity contribution in [2.75, 3.05) is 13.2 Å². The molecule has 0 aliphatic rings. The average Bonchev–Trinajstić information content (AvgIpc) is 2.26. The van der Waals surface area contributed by atoms with Gasteiger partial charge in [-0.25, -0.2) is 4.39 Å². The van der Waals surface area contributed by atoms with Crippen molar-refractivity contribution >= 4 is 5.91 Å². The Morgan fingerprint density at radius 1 is 1.53 bits per heavy atom. The van der Waals surface area contributed by atoms with Crippen molar-refractivity contribution in [3.05, 3.63) is 29.6 Å². The molecule has 17 heavy (non-hydrogen) atoms. The molecule has 0 aliphatic heterocycles. The van der Waals surface area contributed by atoms with Gasteiger partial charge in [0.1, 0.15) is 17.1 Å². The molecule has 1 rings (SSSR count). The van der Waals surface area contributed by atoms with Crippen molar-refractivity contribution in [1.29, 1.82) is 0 Å². The predicted molar refractivity (Wildman–Crippen MR) is 61.3 cm³/mol. The summed E-state index contributed by atoms with van der Waals surface area (Å²) in [6, 6.07) is 3.71. The fourth-order valence-corrected chi connectivity index (χ4v) is 1.42. The number of carbonyl (C=O) groups is 1. The lowest BCUT2D eigenvalue weighted by atomic mass is 10.1. The Kier molecular flexibility index (Phi) is 4.90. The van der Waals surface area contributed by atoms with E-state index in [1.165, 1.54) is 12.1 Å². The van der Waals surface area contributed by atoms with Gasteiger partial charge in [-0.3, -0.25) is 4.79 Å². The number of hydrogen-bond acceptors (Lipinski definition) is 3. The molecule has 1 aromatic rings. The fourth-order valence-electron chi connectivity index (χ4n) is 1.42. The standard InChI is InChI=1S/C12H16FNO3/c1-8(5-6-15)7-14-12(17)11-9(13)3-2-4-10(11)16/h2-4,8,15-16H,5-7H2,1H3,(H,14,17). The molecule has 3 N–H and O–H groups in total. The highest BCUT2D eigenvalue weighted by atomic mass is 19.1. The van der Waals surface area contributed by atoms with Gasteiger partial charge in [-0.2, -0.15) is 0 Å². The molecule has 0 saturated heterocycles. The second kappa shape index (κ2) is 6.20. The molecule has 1 atom stereocenters. The summed E-state index contributed by atoms with van der Waals surface area (Å²) in [4.78, 5) is 11.6. The molecule has 0 aliphatic carbocycles. The molecule has 0 spiro atoms. The van der Waals surface area contributed by atoms with E-state index in [2.05, 4.69) is 5.32 Å². The average molecular weight is 241 g/mol. The number of aliphatic hydroxyl groups is 1. The van der Waals surface area contributed by atoms with Gasteiger partial charge in [0.05, 0.1) is 0 Å². The summed E-state index contributed by atoms with van der Waals surface area (Å²) in [5.41, 5.74) is -0.344. The molecule has 94 valence electrons.